The first kappa shape index (κ1) is 23.9. The molecule has 1 saturated carbocycles. The topological polar surface area (TPSA) is 121 Å². The van der Waals surface area contributed by atoms with Gasteiger partial charge in [-0.1, -0.05) is 5.21 Å². The largest absolute Gasteiger partial charge is 0.469 e. The minimum absolute atomic E-state index is 0.283. The summed E-state index contributed by atoms with van der Waals surface area (Å²) in [4.78, 5) is 10.4. The van der Waals surface area contributed by atoms with Crippen LogP contribution in [0.3, 0.4) is 0 Å². The smallest absolute Gasteiger partial charge is 0.201 e. The van der Waals surface area contributed by atoms with E-state index < -0.39 is 11.9 Å². The van der Waals surface area contributed by atoms with Gasteiger partial charge in [-0.25, -0.2) is 14.1 Å². The van der Waals surface area contributed by atoms with Crippen molar-refractivity contribution in [1.82, 2.24) is 34.3 Å². The van der Waals surface area contributed by atoms with Crippen LogP contribution in [0.15, 0.2) is 36.7 Å². The second-order valence-corrected chi connectivity index (χ2v) is 10.3. The highest BCUT2D eigenvalue weighted by molar-refractivity contribution is 5.68. The Hall–Kier alpha value is -4.51. The van der Waals surface area contributed by atoms with Gasteiger partial charge in [0.15, 0.2) is 6.19 Å². The summed E-state index contributed by atoms with van der Waals surface area (Å²) in [5, 5.41) is 27.8. The van der Waals surface area contributed by atoms with Crippen molar-refractivity contribution in [1.29, 1.82) is 10.5 Å². The third-order valence-electron chi connectivity index (χ3n) is 8.00. The van der Waals surface area contributed by atoms with Crippen molar-refractivity contribution in [3.05, 3.63) is 59.6 Å². The van der Waals surface area contributed by atoms with E-state index in [4.69, 9.17) is 10.00 Å². The summed E-state index contributed by atoms with van der Waals surface area (Å²) >= 11 is 0. The van der Waals surface area contributed by atoms with Gasteiger partial charge in [0, 0.05) is 24.7 Å². The monoisotopic (exact) mass is 511 g/mol. The summed E-state index contributed by atoms with van der Waals surface area (Å²) in [6.45, 7) is 5.49. The van der Waals surface area contributed by atoms with Gasteiger partial charge in [-0.2, -0.15) is 10.5 Å². The van der Waals surface area contributed by atoms with Crippen LogP contribution in [-0.4, -0.2) is 47.4 Å². The molecule has 0 aromatic carbocycles. The highest BCUT2D eigenvalue weighted by Gasteiger charge is 2.47. The molecule has 2 fully saturated rings. The van der Waals surface area contributed by atoms with Gasteiger partial charge in [0.25, 0.3) is 0 Å². The summed E-state index contributed by atoms with van der Waals surface area (Å²) in [6.07, 6.45) is 8.57. The number of hydrogen-bond acceptors (Lipinski definition) is 8. The number of halogens is 1. The van der Waals surface area contributed by atoms with E-state index in [0.29, 0.717) is 28.3 Å². The summed E-state index contributed by atoms with van der Waals surface area (Å²) in [5.74, 6) is -0.0127. The molecule has 1 aliphatic carbocycles. The third-order valence-corrected chi connectivity index (χ3v) is 8.00. The lowest BCUT2D eigenvalue weighted by atomic mass is 9.60. The molecule has 11 heteroatoms. The Morgan fingerprint density at radius 1 is 1.13 bits per heavy atom. The van der Waals surface area contributed by atoms with Crippen molar-refractivity contribution < 1.29 is 9.13 Å². The van der Waals surface area contributed by atoms with Crippen molar-refractivity contribution in [2.24, 2.45) is 5.41 Å². The Bertz CT molecular complexity index is 1580. The van der Waals surface area contributed by atoms with E-state index in [1.54, 1.807) is 10.5 Å². The summed E-state index contributed by atoms with van der Waals surface area (Å²) < 4.78 is 23.3. The highest BCUT2D eigenvalue weighted by atomic mass is 19.1. The zero-order chi connectivity index (χ0) is 26.4. The van der Waals surface area contributed by atoms with E-state index in [0.717, 1.165) is 61.9 Å². The van der Waals surface area contributed by atoms with E-state index in [2.05, 4.69) is 32.5 Å². The number of hydrogen-bond donors (Lipinski definition) is 0. The first-order valence-corrected chi connectivity index (χ1v) is 12.7. The molecular weight excluding hydrogens is 485 g/mol. The molecule has 4 aromatic rings. The van der Waals surface area contributed by atoms with Crippen LogP contribution in [-0.2, 0) is 0 Å². The van der Waals surface area contributed by atoms with Crippen molar-refractivity contribution in [2.75, 3.05) is 13.1 Å². The summed E-state index contributed by atoms with van der Waals surface area (Å²) in [7, 11) is 0. The second kappa shape index (κ2) is 9.10. The molecule has 5 heterocycles. The van der Waals surface area contributed by atoms with Gasteiger partial charge in [0.2, 0.25) is 5.88 Å². The minimum atomic E-state index is -0.501. The molecule has 10 nitrogen and oxygen atoms in total. The quantitative estimate of drug-likeness (QED) is 0.363. The molecule has 0 N–H and O–H groups in total. The Balaban J connectivity index is 1.29. The molecule has 192 valence electrons. The highest BCUT2D eigenvalue weighted by Crippen LogP contribution is 2.55. The van der Waals surface area contributed by atoms with Gasteiger partial charge < -0.3 is 9.64 Å². The van der Waals surface area contributed by atoms with Crippen molar-refractivity contribution in [2.45, 2.75) is 51.7 Å². The molecule has 0 radical (unpaired) electrons. The molecule has 1 atom stereocenters. The van der Waals surface area contributed by atoms with E-state index in [9.17, 15) is 9.65 Å². The Kier molecular flexibility index (Phi) is 5.72. The fourth-order valence-electron chi connectivity index (χ4n) is 5.81. The third kappa shape index (κ3) is 4.01. The molecule has 2 aliphatic rings. The van der Waals surface area contributed by atoms with Gasteiger partial charge in [0.1, 0.15) is 35.0 Å². The normalized spacial score (nSPS) is 17.7. The molecule has 0 unspecified atom stereocenters. The van der Waals surface area contributed by atoms with Gasteiger partial charge in [-0.3, -0.25) is 9.38 Å². The predicted molar refractivity (Wildman–Crippen MR) is 134 cm³/mol. The van der Waals surface area contributed by atoms with Crippen LogP contribution in [0.25, 0.3) is 16.9 Å². The molecule has 0 bridgehead atoms. The van der Waals surface area contributed by atoms with Crippen LogP contribution in [0, 0.1) is 40.9 Å². The van der Waals surface area contributed by atoms with Gasteiger partial charge >= 0.3 is 0 Å². The maximum absolute atomic E-state index is 13.4. The lowest BCUT2D eigenvalue weighted by Gasteiger charge is -2.51. The summed E-state index contributed by atoms with van der Waals surface area (Å²) in [6, 6.07) is 9.05. The SMILES string of the molecule is Cc1c(-c2cc(O[C@H](C)c3ccc(F)cn3)n3c(C#N)cnc3c2)nnn1C1CC2(CCN(C#N)CC2)C1. The molecule has 1 aliphatic heterocycles. The molecule has 4 aromatic heterocycles. The number of nitrogens with zero attached hydrogens (tertiary/aromatic N) is 9. The van der Waals surface area contributed by atoms with E-state index in [1.165, 1.54) is 12.3 Å². The van der Waals surface area contributed by atoms with Gasteiger partial charge in [-0.05, 0) is 63.1 Å². The van der Waals surface area contributed by atoms with Crippen molar-refractivity contribution in [3.63, 3.8) is 0 Å². The van der Waals surface area contributed by atoms with E-state index in [1.807, 2.05) is 35.6 Å². The fourth-order valence-corrected chi connectivity index (χ4v) is 5.81. The van der Waals surface area contributed by atoms with Crippen molar-refractivity contribution >= 4 is 5.65 Å². The molecule has 1 saturated heterocycles. The summed E-state index contributed by atoms with van der Waals surface area (Å²) in [5.41, 5.74) is 4.20. The van der Waals surface area contributed by atoms with E-state index in [-0.39, 0.29) is 6.04 Å². The maximum Gasteiger partial charge on any atom is 0.201 e. The molecule has 0 amide bonds. The first-order valence-electron chi connectivity index (χ1n) is 12.7. The molecule has 1 spiro atoms. The Morgan fingerprint density at radius 3 is 2.61 bits per heavy atom. The van der Waals surface area contributed by atoms with Crippen LogP contribution in [0.5, 0.6) is 5.88 Å². The van der Waals surface area contributed by atoms with Gasteiger partial charge in [0.05, 0.1) is 29.8 Å². The number of pyridine rings is 2. The second-order valence-electron chi connectivity index (χ2n) is 10.3. The molecular formula is C27H26FN9O. The fraction of sp³-hybridized carbons (Fsp3) is 0.407. The zero-order valence-corrected chi connectivity index (χ0v) is 21.2. The Labute approximate surface area is 218 Å². The molecule has 38 heavy (non-hydrogen) atoms. The number of ether oxygens (including phenoxy) is 1. The number of aromatic nitrogens is 6. The van der Waals surface area contributed by atoms with Gasteiger partial charge in [-0.15, -0.1) is 5.10 Å². The molecule has 6 rings (SSSR count). The Morgan fingerprint density at radius 2 is 1.92 bits per heavy atom. The minimum Gasteiger partial charge on any atom is -0.469 e. The lowest BCUT2D eigenvalue weighted by molar-refractivity contribution is -0.000145. The zero-order valence-electron chi connectivity index (χ0n) is 21.2. The van der Waals surface area contributed by atoms with E-state index >= 15 is 0 Å². The first-order chi connectivity index (χ1) is 18.4. The lowest BCUT2D eigenvalue weighted by Crippen LogP contribution is -2.46. The van der Waals surface area contributed by atoms with Crippen LogP contribution < -0.4 is 4.74 Å². The number of rotatable bonds is 5. The number of nitriles is 2. The average Bonchev–Trinajstić information content (AvgIpc) is 3.50. The predicted octanol–water partition coefficient (Wildman–Crippen LogP) is 4.35. The number of likely N-dealkylation sites (tertiary alicyclic amines) is 1. The van der Waals surface area contributed by atoms with Crippen LogP contribution in [0.4, 0.5) is 4.39 Å². The van der Waals surface area contributed by atoms with Crippen LogP contribution in [0.2, 0.25) is 0 Å². The van der Waals surface area contributed by atoms with Crippen LogP contribution >= 0.6 is 0 Å². The van der Waals surface area contributed by atoms with Crippen molar-refractivity contribution in [3.8, 4) is 29.4 Å². The standard InChI is InChI=1S/C27H26FN9O/c1-17-26(33-34-37(17)21-11-27(12-21)5-7-35(16-30)8-6-27)19-9-24-32-15-22(13-29)36(24)25(10-19)38-18(2)23-4-3-20(28)14-31-23/h3-4,9-10,14-15,18,21H,5-8,11-12H2,1-2H3/t18-/m1/s1. The van der Waals surface area contributed by atoms with Crippen LogP contribution in [0.1, 0.15) is 61.8 Å². The number of fused-ring (bicyclic) bond motifs is 1. The maximum atomic E-state index is 13.4. The number of piperidine rings is 1. The average molecular weight is 512 g/mol. The number of imidazole rings is 1.